The van der Waals surface area contributed by atoms with Crippen molar-refractivity contribution < 1.29 is 4.74 Å². The van der Waals surface area contributed by atoms with Crippen molar-refractivity contribution in [2.24, 2.45) is 11.7 Å². The van der Waals surface area contributed by atoms with Gasteiger partial charge < -0.3 is 10.5 Å². The quantitative estimate of drug-likeness (QED) is 0.805. The Morgan fingerprint density at radius 2 is 2.13 bits per heavy atom. The molecule has 0 aliphatic heterocycles. The number of benzene rings is 1. The highest BCUT2D eigenvalue weighted by Gasteiger charge is 2.36. The summed E-state index contributed by atoms with van der Waals surface area (Å²) in [4.78, 5) is 0. The van der Waals surface area contributed by atoms with Crippen molar-refractivity contribution in [1.82, 2.24) is 0 Å². The molecule has 1 aliphatic rings. The summed E-state index contributed by atoms with van der Waals surface area (Å²) in [6.07, 6.45) is 3.34. The molecule has 2 nitrogen and oxygen atoms in total. The lowest BCUT2D eigenvalue weighted by Gasteiger charge is -2.26. The zero-order chi connectivity index (χ0) is 10.9. The van der Waals surface area contributed by atoms with Crippen LogP contribution in [-0.2, 0) is 5.54 Å². The summed E-state index contributed by atoms with van der Waals surface area (Å²) in [5.74, 6) is 1.65. The van der Waals surface area contributed by atoms with Crippen molar-refractivity contribution in [3.63, 3.8) is 0 Å². The predicted molar refractivity (Wildman–Crippen MR) is 61.9 cm³/mol. The van der Waals surface area contributed by atoms with Gasteiger partial charge in [0.1, 0.15) is 5.75 Å². The summed E-state index contributed by atoms with van der Waals surface area (Å²) in [6.45, 7) is 2.27. The Balaban J connectivity index is 2.36. The highest BCUT2D eigenvalue weighted by Crippen LogP contribution is 2.42. The van der Waals surface area contributed by atoms with Crippen LogP contribution in [0.25, 0.3) is 0 Å². The first-order valence-electron chi connectivity index (χ1n) is 5.58. The summed E-state index contributed by atoms with van der Waals surface area (Å²) in [5.41, 5.74) is 7.46. The lowest BCUT2D eigenvalue weighted by atomic mass is 9.88. The van der Waals surface area contributed by atoms with Crippen molar-refractivity contribution in [2.75, 3.05) is 7.11 Å². The average molecular weight is 205 g/mol. The third-order valence-electron chi connectivity index (χ3n) is 3.44. The molecule has 0 amide bonds. The molecule has 82 valence electrons. The fourth-order valence-electron chi connectivity index (χ4n) is 2.63. The van der Waals surface area contributed by atoms with Gasteiger partial charge in [0.25, 0.3) is 0 Å². The molecule has 0 bridgehead atoms. The van der Waals surface area contributed by atoms with E-state index in [4.69, 9.17) is 10.5 Å². The number of methoxy groups -OCH3 is 1. The van der Waals surface area contributed by atoms with Crippen molar-refractivity contribution in [3.05, 3.63) is 29.8 Å². The van der Waals surface area contributed by atoms with Crippen LogP contribution in [0.1, 0.15) is 31.7 Å². The second kappa shape index (κ2) is 3.86. The molecular weight excluding hydrogens is 186 g/mol. The molecule has 0 aromatic heterocycles. The zero-order valence-electron chi connectivity index (χ0n) is 9.49. The van der Waals surface area contributed by atoms with Gasteiger partial charge >= 0.3 is 0 Å². The third kappa shape index (κ3) is 1.86. The molecule has 1 aromatic rings. The summed E-state index contributed by atoms with van der Waals surface area (Å²) < 4.78 is 5.38. The number of ether oxygens (including phenoxy) is 1. The minimum absolute atomic E-state index is 0.175. The van der Waals surface area contributed by atoms with Crippen LogP contribution in [0.2, 0.25) is 0 Å². The summed E-state index contributed by atoms with van der Waals surface area (Å²) in [7, 11) is 1.71. The van der Waals surface area contributed by atoms with Crippen molar-refractivity contribution in [1.29, 1.82) is 0 Å². The van der Waals surface area contributed by atoms with E-state index < -0.39 is 0 Å². The second-order valence-corrected chi connectivity index (χ2v) is 4.70. The number of hydrogen-bond donors (Lipinski definition) is 1. The lowest BCUT2D eigenvalue weighted by Crippen LogP contribution is -2.34. The second-order valence-electron chi connectivity index (χ2n) is 4.70. The van der Waals surface area contributed by atoms with Crippen LogP contribution < -0.4 is 10.5 Å². The molecular formula is C13H19NO. The molecule has 1 aromatic carbocycles. The maximum absolute atomic E-state index is 6.47. The Morgan fingerprint density at radius 3 is 2.73 bits per heavy atom. The average Bonchev–Trinajstić information content (AvgIpc) is 2.60. The maximum Gasteiger partial charge on any atom is 0.123 e. The standard InChI is InChI=1S/C13H19NO/c1-10-7-8-13(14,9-10)11-5-3-4-6-12(11)15-2/h3-6,10H,7-9,14H2,1-2H3. The van der Waals surface area contributed by atoms with Gasteiger partial charge in [0, 0.05) is 11.1 Å². The molecule has 0 heterocycles. The van der Waals surface area contributed by atoms with Crippen LogP contribution in [-0.4, -0.2) is 7.11 Å². The van der Waals surface area contributed by atoms with Crippen molar-refractivity contribution in [2.45, 2.75) is 31.7 Å². The topological polar surface area (TPSA) is 35.2 Å². The van der Waals surface area contributed by atoms with Crippen LogP contribution in [0.3, 0.4) is 0 Å². The lowest BCUT2D eigenvalue weighted by molar-refractivity contribution is 0.374. The monoisotopic (exact) mass is 205 g/mol. The third-order valence-corrected chi connectivity index (χ3v) is 3.44. The normalized spacial score (nSPS) is 30.5. The van der Waals surface area contributed by atoms with E-state index in [2.05, 4.69) is 13.0 Å². The van der Waals surface area contributed by atoms with Gasteiger partial charge in [-0.15, -0.1) is 0 Å². The number of hydrogen-bond acceptors (Lipinski definition) is 2. The molecule has 2 N–H and O–H groups in total. The van der Waals surface area contributed by atoms with Gasteiger partial charge in [0.05, 0.1) is 7.11 Å². The Morgan fingerprint density at radius 1 is 1.40 bits per heavy atom. The van der Waals surface area contributed by atoms with E-state index in [9.17, 15) is 0 Å². The van der Waals surface area contributed by atoms with Gasteiger partial charge in [-0.2, -0.15) is 0 Å². The fourth-order valence-corrected chi connectivity index (χ4v) is 2.63. The number of nitrogens with two attached hydrogens (primary N) is 1. The molecule has 1 fully saturated rings. The van der Waals surface area contributed by atoms with Gasteiger partial charge in [-0.1, -0.05) is 25.1 Å². The molecule has 0 spiro atoms. The van der Waals surface area contributed by atoms with E-state index in [1.54, 1.807) is 7.11 Å². The summed E-state index contributed by atoms with van der Waals surface area (Å²) >= 11 is 0. The first-order valence-corrected chi connectivity index (χ1v) is 5.58. The molecule has 2 rings (SSSR count). The van der Waals surface area contributed by atoms with Crippen LogP contribution in [0, 0.1) is 5.92 Å². The largest absolute Gasteiger partial charge is 0.496 e. The van der Waals surface area contributed by atoms with Crippen LogP contribution in [0.4, 0.5) is 0 Å². The molecule has 0 saturated heterocycles. The molecule has 1 aliphatic carbocycles. The molecule has 2 atom stereocenters. The van der Waals surface area contributed by atoms with E-state index in [0.29, 0.717) is 0 Å². The minimum atomic E-state index is -0.175. The van der Waals surface area contributed by atoms with Crippen LogP contribution >= 0.6 is 0 Å². The highest BCUT2D eigenvalue weighted by atomic mass is 16.5. The first kappa shape index (κ1) is 10.5. The van der Waals surface area contributed by atoms with Gasteiger partial charge in [0.15, 0.2) is 0 Å². The molecule has 15 heavy (non-hydrogen) atoms. The summed E-state index contributed by atoms with van der Waals surface area (Å²) in [5, 5.41) is 0. The smallest absolute Gasteiger partial charge is 0.123 e. The van der Waals surface area contributed by atoms with E-state index in [1.165, 1.54) is 6.42 Å². The van der Waals surface area contributed by atoms with Gasteiger partial charge in [-0.05, 0) is 31.2 Å². The van der Waals surface area contributed by atoms with Crippen LogP contribution in [0.15, 0.2) is 24.3 Å². The Bertz CT molecular complexity index is 350. The first-order chi connectivity index (χ1) is 7.15. The SMILES string of the molecule is COc1ccccc1C1(N)CCC(C)C1. The van der Waals surface area contributed by atoms with E-state index in [1.807, 2.05) is 18.2 Å². The molecule has 2 heteroatoms. The van der Waals surface area contributed by atoms with E-state index in [-0.39, 0.29) is 5.54 Å². The van der Waals surface area contributed by atoms with E-state index in [0.717, 1.165) is 30.1 Å². The zero-order valence-corrected chi connectivity index (χ0v) is 9.49. The molecule has 0 radical (unpaired) electrons. The highest BCUT2D eigenvalue weighted by molar-refractivity contribution is 5.39. The minimum Gasteiger partial charge on any atom is -0.496 e. The number of para-hydroxylation sites is 1. The van der Waals surface area contributed by atoms with Crippen molar-refractivity contribution in [3.8, 4) is 5.75 Å². The molecule has 2 unspecified atom stereocenters. The Hall–Kier alpha value is -1.02. The van der Waals surface area contributed by atoms with Crippen molar-refractivity contribution >= 4 is 0 Å². The van der Waals surface area contributed by atoms with Gasteiger partial charge in [-0.25, -0.2) is 0 Å². The Labute approximate surface area is 91.4 Å². The maximum atomic E-state index is 6.47. The predicted octanol–water partition coefficient (Wildman–Crippen LogP) is 2.67. The summed E-state index contributed by atoms with van der Waals surface area (Å²) in [6, 6.07) is 8.11. The number of rotatable bonds is 2. The van der Waals surface area contributed by atoms with Gasteiger partial charge in [0.2, 0.25) is 0 Å². The van der Waals surface area contributed by atoms with E-state index >= 15 is 0 Å². The van der Waals surface area contributed by atoms with Gasteiger partial charge in [-0.3, -0.25) is 0 Å². The fraction of sp³-hybridized carbons (Fsp3) is 0.538. The molecule has 1 saturated carbocycles. The van der Waals surface area contributed by atoms with Crippen LogP contribution in [0.5, 0.6) is 5.75 Å². The Kier molecular flexibility index (Phi) is 2.70.